The number of para-hydroxylation sites is 1. The van der Waals surface area contributed by atoms with Gasteiger partial charge in [-0.1, -0.05) is 31.2 Å². The quantitative estimate of drug-likeness (QED) is 0.824. The highest BCUT2D eigenvalue weighted by Gasteiger charge is 2.60. The van der Waals surface area contributed by atoms with Gasteiger partial charge in [-0.05, 0) is 12.5 Å². The third-order valence-corrected chi connectivity index (χ3v) is 4.95. The van der Waals surface area contributed by atoms with E-state index >= 15 is 0 Å². The van der Waals surface area contributed by atoms with Crippen molar-refractivity contribution < 1.29 is 9.53 Å². The minimum atomic E-state index is -1.36. The zero-order valence-electron chi connectivity index (χ0n) is 14.2. The summed E-state index contributed by atoms with van der Waals surface area (Å²) in [6.07, 6.45) is 2.26. The maximum absolute atomic E-state index is 13.7. The van der Waals surface area contributed by atoms with Gasteiger partial charge in [-0.2, -0.15) is 5.26 Å². The van der Waals surface area contributed by atoms with E-state index in [2.05, 4.69) is 22.8 Å². The van der Waals surface area contributed by atoms with Gasteiger partial charge in [-0.3, -0.25) is 9.89 Å². The molecule has 26 heavy (non-hydrogen) atoms. The maximum Gasteiger partial charge on any atom is 0.248 e. The lowest BCUT2D eigenvalue weighted by Crippen LogP contribution is -2.46. The van der Waals surface area contributed by atoms with Gasteiger partial charge in [0.25, 0.3) is 0 Å². The number of amides is 1. The lowest BCUT2D eigenvalue weighted by Gasteiger charge is -2.32. The summed E-state index contributed by atoms with van der Waals surface area (Å²) in [6.45, 7) is 6.02. The zero-order chi connectivity index (χ0) is 18.5. The zero-order valence-corrected chi connectivity index (χ0v) is 14.2. The van der Waals surface area contributed by atoms with Crippen LogP contribution in [-0.2, 0) is 16.6 Å². The maximum atomic E-state index is 13.7. The molecule has 0 fully saturated rings. The first-order valence-corrected chi connectivity index (χ1v) is 8.29. The molecule has 2 aliphatic rings. The summed E-state index contributed by atoms with van der Waals surface area (Å²) in [5.41, 5.74) is 7.51. The van der Waals surface area contributed by atoms with Gasteiger partial charge in [0, 0.05) is 23.5 Å². The molecule has 1 atom stereocenters. The standard InChI is InChI=1S/C19H17N5O2/c1-3-9-24-14-8-6-5-7-11(14)19(18(24)25)12(10-20)16(21)26-17-15(19)13(4-2)22-23-17/h3,5-8H,1,4,9,21H2,2H3,(H,22,23)/t19-/m0/s1. The Morgan fingerprint density at radius 2 is 2.27 bits per heavy atom. The second-order valence-electron chi connectivity index (χ2n) is 6.16. The number of H-pyrrole nitrogens is 1. The Morgan fingerprint density at radius 3 is 2.96 bits per heavy atom. The van der Waals surface area contributed by atoms with Gasteiger partial charge in [0.05, 0.1) is 5.56 Å². The molecular weight excluding hydrogens is 330 g/mol. The number of aromatic amines is 1. The summed E-state index contributed by atoms with van der Waals surface area (Å²) < 4.78 is 5.56. The topological polar surface area (TPSA) is 108 Å². The van der Waals surface area contributed by atoms with Crippen LogP contribution in [0.15, 0.2) is 48.4 Å². The van der Waals surface area contributed by atoms with E-state index in [1.54, 1.807) is 11.0 Å². The molecule has 0 saturated carbocycles. The summed E-state index contributed by atoms with van der Waals surface area (Å²) >= 11 is 0. The van der Waals surface area contributed by atoms with Crippen molar-refractivity contribution in [3.05, 3.63) is 65.2 Å². The first-order chi connectivity index (χ1) is 12.6. The number of rotatable bonds is 3. The SMILES string of the molecule is C=CCN1C(=O)[C@]2(C(C#N)=C(N)Oc3n[nH]c(CC)c32)c2ccccc21. The van der Waals surface area contributed by atoms with Crippen LogP contribution in [0, 0.1) is 11.3 Å². The van der Waals surface area contributed by atoms with E-state index in [-0.39, 0.29) is 23.2 Å². The normalized spacial score (nSPS) is 20.6. The van der Waals surface area contributed by atoms with E-state index in [0.29, 0.717) is 24.1 Å². The number of benzene rings is 1. The minimum Gasteiger partial charge on any atom is -0.420 e. The fourth-order valence-corrected chi connectivity index (χ4v) is 3.93. The van der Waals surface area contributed by atoms with E-state index in [0.717, 1.165) is 11.4 Å². The Balaban J connectivity index is 2.15. The average molecular weight is 347 g/mol. The molecule has 0 saturated heterocycles. The molecule has 1 aromatic heterocycles. The van der Waals surface area contributed by atoms with Crippen molar-refractivity contribution >= 4 is 11.6 Å². The molecule has 1 spiro atoms. The number of nitrogens with one attached hydrogen (secondary N) is 1. The Labute approximate surface area is 150 Å². The lowest BCUT2D eigenvalue weighted by molar-refractivity contribution is -0.120. The Hall–Kier alpha value is -3.53. The highest BCUT2D eigenvalue weighted by molar-refractivity contribution is 6.14. The number of hydrogen-bond acceptors (Lipinski definition) is 5. The molecule has 7 nitrogen and oxygen atoms in total. The number of hydrogen-bond donors (Lipinski definition) is 2. The molecule has 0 bridgehead atoms. The Kier molecular flexibility index (Phi) is 3.37. The van der Waals surface area contributed by atoms with Crippen LogP contribution in [0.1, 0.15) is 23.7 Å². The van der Waals surface area contributed by atoms with Crippen LogP contribution in [-0.4, -0.2) is 22.6 Å². The molecule has 3 heterocycles. The number of fused-ring (bicyclic) bond motifs is 4. The van der Waals surface area contributed by atoms with Crippen molar-refractivity contribution in [2.75, 3.05) is 11.4 Å². The van der Waals surface area contributed by atoms with Gasteiger partial charge in [0.1, 0.15) is 17.1 Å². The smallest absolute Gasteiger partial charge is 0.248 e. The lowest BCUT2D eigenvalue weighted by atomic mass is 9.69. The van der Waals surface area contributed by atoms with Gasteiger partial charge in [0.15, 0.2) is 0 Å². The number of nitriles is 1. The van der Waals surface area contributed by atoms with E-state index in [9.17, 15) is 10.1 Å². The molecule has 7 heteroatoms. The monoisotopic (exact) mass is 347 g/mol. The highest BCUT2D eigenvalue weighted by atomic mass is 16.5. The van der Waals surface area contributed by atoms with Crippen LogP contribution in [0.4, 0.5) is 5.69 Å². The van der Waals surface area contributed by atoms with Crippen molar-refractivity contribution in [1.29, 1.82) is 5.26 Å². The molecule has 2 aliphatic heterocycles. The first kappa shape index (κ1) is 16.0. The predicted octanol–water partition coefficient (Wildman–Crippen LogP) is 1.88. The molecule has 1 amide bonds. The molecular formula is C19H17N5O2. The number of nitrogens with two attached hydrogens (primary N) is 1. The predicted molar refractivity (Wildman–Crippen MR) is 95.2 cm³/mol. The Bertz CT molecular complexity index is 1010. The summed E-state index contributed by atoms with van der Waals surface area (Å²) in [6, 6.07) is 9.53. The number of nitrogens with zero attached hydrogens (tertiary/aromatic N) is 3. The fourth-order valence-electron chi connectivity index (χ4n) is 3.93. The second-order valence-corrected chi connectivity index (χ2v) is 6.16. The molecule has 1 aromatic carbocycles. The van der Waals surface area contributed by atoms with Gasteiger partial charge in [-0.15, -0.1) is 11.7 Å². The van der Waals surface area contributed by atoms with Crippen molar-refractivity contribution in [3.63, 3.8) is 0 Å². The van der Waals surface area contributed by atoms with Crippen LogP contribution in [0.5, 0.6) is 5.88 Å². The van der Waals surface area contributed by atoms with Crippen LogP contribution >= 0.6 is 0 Å². The molecule has 4 rings (SSSR count). The van der Waals surface area contributed by atoms with Gasteiger partial charge in [0.2, 0.25) is 17.7 Å². The van der Waals surface area contributed by atoms with Gasteiger partial charge < -0.3 is 15.4 Å². The second kappa shape index (κ2) is 5.49. The summed E-state index contributed by atoms with van der Waals surface area (Å²) in [4.78, 5) is 15.3. The van der Waals surface area contributed by atoms with Crippen LogP contribution in [0.25, 0.3) is 0 Å². The van der Waals surface area contributed by atoms with Crippen LogP contribution < -0.4 is 15.4 Å². The van der Waals surface area contributed by atoms with Crippen LogP contribution in [0.2, 0.25) is 0 Å². The minimum absolute atomic E-state index is 0.0881. The first-order valence-electron chi connectivity index (χ1n) is 8.29. The number of ether oxygens (including phenoxy) is 1. The summed E-state index contributed by atoms with van der Waals surface area (Å²) in [5.74, 6) is -0.113. The van der Waals surface area contributed by atoms with Crippen molar-refractivity contribution in [2.45, 2.75) is 18.8 Å². The van der Waals surface area contributed by atoms with Gasteiger partial charge in [-0.25, -0.2) is 0 Å². The largest absolute Gasteiger partial charge is 0.420 e. The molecule has 0 radical (unpaired) electrons. The number of aromatic nitrogens is 2. The summed E-state index contributed by atoms with van der Waals surface area (Å²) in [7, 11) is 0. The van der Waals surface area contributed by atoms with E-state index in [1.807, 2.05) is 31.2 Å². The van der Waals surface area contributed by atoms with E-state index in [1.165, 1.54) is 0 Å². The molecule has 0 unspecified atom stereocenters. The highest BCUT2D eigenvalue weighted by Crippen LogP contribution is 2.55. The molecule has 0 aliphatic carbocycles. The fraction of sp³-hybridized carbons (Fsp3) is 0.211. The number of aryl methyl sites for hydroxylation is 1. The molecule has 3 N–H and O–H groups in total. The number of carbonyl (C=O) groups excluding carboxylic acids is 1. The van der Waals surface area contributed by atoms with E-state index in [4.69, 9.17) is 10.5 Å². The third-order valence-electron chi connectivity index (χ3n) is 4.95. The van der Waals surface area contributed by atoms with E-state index < -0.39 is 5.41 Å². The van der Waals surface area contributed by atoms with Crippen LogP contribution in [0.3, 0.4) is 0 Å². The average Bonchev–Trinajstić information content (AvgIpc) is 3.16. The van der Waals surface area contributed by atoms with Gasteiger partial charge >= 0.3 is 0 Å². The summed E-state index contributed by atoms with van der Waals surface area (Å²) in [5, 5.41) is 17.0. The number of carbonyl (C=O) groups is 1. The molecule has 2 aromatic rings. The van der Waals surface area contributed by atoms with Crippen molar-refractivity contribution in [1.82, 2.24) is 10.2 Å². The third kappa shape index (κ3) is 1.70. The number of anilines is 1. The van der Waals surface area contributed by atoms with Crippen molar-refractivity contribution in [2.24, 2.45) is 5.73 Å². The van der Waals surface area contributed by atoms with Crippen molar-refractivity contribution in [3.8, 4) is 11.9 Å². The Morgan fingerprint density at radius 1 is 1.50 bits per heavy atom. The molecule has 130 valence electrons.